The maximum absolute atomic E-state index is 12.8. The fraction of sp³-hybridized carbons (Fsp3) is 0.435. The van der Waals surface area contributed by atoms with Crippen LogP contribution in [0.15, 0.2) is 42.5 Å². The predicted molar refractivity (Wildman–Crippen MR) is 111 cm³/mol. The minimum atomic E-state index is -4.86. The van der Waals surface area contributed by atoms with Gasteiger partial charge in [0.05, 0.1) is 13.2 Å². The third-order valence-electron chi connectivity index (χ3n) is 4.70. The van der Waals surface area contributed by atoms with Gasteiger partial charge in [0.25, 0.3) is 0 Å². The van der Waals surface area contributed by atoms with Gasteiger partial charge in [0.2, 0.25) is 0 Å². The third kappa shape index (κ3) is 6.53. The van der Waals surface area contributed by atoms with Crippen molar-refractivity contribution in [2.45, 2.75) is 39.3 Å². The van der Waals surface area contributed by atoms with Crippen LogP contribution >= 0.6 is 0 Å². The number of hydrogen-bond donors (Lipinski definition) is 1. The first-order chi connectivity index (χ1) is 14.9. The van der Waals surface area contributed by atoms with Crippen LogP contribution in [-0.2, 0) is 11.3 Å². The summed E-state index contributed by atoms with van der Waals surface area (Å²) in [6.07, 6.45) is -5.29. The molecule has 2 aromatic rings. The van der Waals surface area contributed by atoms with Gasteiger partial charge in [0.1, 0.15) is 5.60 Å². The van der Waals surface area contributed by atoms with E-state index in [1.165, 1.54) is 23.1 Å². The minimum absolute atomic E-state index is 0.0392. The number of nitrogens with zero attached hydrogens (tertiary/aromatic N) is 1. The van der Waals surface area contributed by atoms with E-state index in [1.807, 2.05) is 0 Å². The van der Waals surface area contributed by atoms with Crippen LogP contribution in [0.1, 0.15) is 26.3 Å². The van der Waals surface area contributed by atoms with Crippen molar-refractivity contribution in [3.63, 3.8) is 0 Å². The van der Waals surface area contributed by atoms with Gasteiger partial charge in [-0.2, -0.15) is 0 Å². The van der Waals surface area contributed by atoms with E-state index in [2.05, 4.69) is 4.74 Å². The monoisotopic (exact) mass is 453 g/mol. The molecule has 0 saturated carbocycles. The Morgan fingerprint density at radius 3 is 2.38 bits per heavy atom. The number of carbonyl (C=O) groups excluding carboxylic acids is 1. The van der Waals surface area contributed by atoms with Crippen molar-refractivity contribution in [3.8, 4) is 22.6 Å². The lowest BCUT2D eigenvalue weighted by Crippen LogP contribution is -2.53. The average Bonchev–Trinajstić information content (AvgIpc) is 2.65. The summed E-state index contributed by atoms with van der Waals surface area (Å²) in [6.45, 7) is 6.07. The molecule has 1 N–H and O–H groups in total. The van der Waals surface area contributed by atoms with Crippen molar-refractivity contribution >= 4 is 6.09 Å². The molecule has 1 heterocycles. The smallest absolute Gasteiger partial charge is 0.489 e. The predicted octanol–water partition coefficient (Wildman–Crippen LogP) is 4.99. The molecule has 3 rings (SSSR count). The van der Waals surface area contributed by atoms with Gasteiger partial charge in [0, 0.05) is 19.0 Å². The van der Waals surface area contributed by atoms with Crippen LogP contribution in [-0.4, -0.2) is 47.8 Å². The van der Waals surface area contributed by atoms with Crippen molar-refractivity contribution in [1.82, 2.24) is 4.90 Å². The Hall–Kier alpha value is -2.94. The van der Waals surface area contributed by atoms with Crippen LogP contribution in [0.5, 0.6) is 11.5 Å². The normalized spacial score (nSPS) is 14.7. The molecule has 174 valence electrons. The molecule has 0 bridgehead atoms. The van der Waals surface area contributed by atoms with Crippen LogP contribution in [0.4, 0.5) is 18.0 Å². The summed E-state index contributed by atoms with van der Waals surface area (Å²) in [7, 11) is 0. The molecular formula is C23H26F3NO5. The molecule has 0 spiro atoms. The van der Waals surface area contributed by atoms with Crippen LogP contribution in [0.2, 0.25) is 0 Å². The number of ether oxygens (including phenoxy) is 3. The fourth-order valence-electron chi connectivity index (χ4n) is 3.22. The number of carbonyl (C=O) groups is 1. The average molecular weight is 453 g/mol. The van der Waals surface area contributed by atoms with Gasteiger partial charge >= 0.3 is 12.5 Å². The molecule has 32 heavy (non-hydrogen) atoms. The number of aliphatic hydroxyl groups is 1. The highest BCUT2D eigenvalue weighted by Crippen LogP contribution is 2.37. The van der Waals surface area contributed by atoms with E-state index >= 15 is 0 Å². The highest BCUT2D eigenvalue weighted by molar-refractivity contribution is 5.69. The van der Waals surface area contributed by atoms with Crippen molar-refractivity contribution < 1.29 is 37.3 Å². The summed E-state index contributed by atoms with van der Waals surface area (Å²) >= 11 is 0. The second kappa shape index (κ2) is 9.28. The number of hydrogen-bond acceptors (Lipinski definition) is 5. The molecule has 0 atom stereocenters. The maximum atomic E-state index is 12.8. The number of amides is 1. The van der Waals surface area contributed by atoms with Crippen molar-refractivity contribution in [1.29, 1.82) is 0 Å². The van der Waals surface area contributed by atoms with E-state index in [0.717, 1.165) is 5.56 Å². The lowest BCUT2D eigenvalue weighted by molar-refractivity contribution is -0.275. The van der Waals surface area contributed by atoms with E-state index in [4.69, 9.17) is 9.47 Å². The number of aliphatic hydroxyl groups excluding tert-OH is 1. The Morgan fingerprint density at radius 1 is 1.06 bits per heavy atom. The number of benzene rings is 2. The highest BCUT2D eigenvalue weighted by Gasteiger charge is 2.35. The van der Waals surface area contributed by atoms with Crippen LogP contribution in [0, 0.1) is 5.92 Å². The quantitative estimate of drug-likeness (QED) is 0.668. The molecule has 1 saturated heterocycles. The van der Waals surface area contributed by atoms with Crippen LogP contribution in [0.3, 0.4) is 0 Å². The second-order valence-electron chi connectivity index (χ2n) is 8.63. The number of rotatable bonds is 6. The highest BCUT2D eigenvalue weighted by atomic mass is 19.4. The van der Waals surface area contributed by atoms with Crippen molar-refractivity contribution in [2.24, 2.45) is 5.92 Å². The molecular weight excluding hydrogens is 427 g/mol. The zero-order chi connectivity index (χ0) is 23.5. The maximum Gasteiger partial charge on any atom is 0.573 e. The van der Waals surface area contributed by atoms with Crippen LogP contribution < -0.4 is 9.47 Å². The van der Waals surface area contributed by atoms with Gasteiger partial charge in [-0.05, 0) is 55.7 Å². The van der Waals surface area contributed by atoms with Crippen molar-refractivity contribution in [3.05, 3.63) is 48.0 Å². The fourth-order valence-corrected chi connectivity index (χ4v) is 3.22. The Labute approximate surface area is 184 Å². The molecule has 2 aromatic carbocycles. The molecule has 0 unspecified atom stereocenters. The summed E-state index contributed by atoms with van der Waals surface area (Å²) in [5.41, 5.74) is 1.42. The van der Waals surface area contributed by atoms with Crippen molar-refractivity contribution in [2.75, 3.05) is 19.7 Å². The van der Waals surface area contributed by atoms with E-state index in [0.29, 0.717) is 24.2 Å². The zero-order valence-corrected chi connectivity index (χ0v) is 18.1. The summed E-state index contributed by atoms with van der Waals surface area (Å²) in [4.78, 5) is 13.5. The molecule has 6 nitrogen and oxygen atoms in total. The number of halogens is 3. The Balaban J connectivity index is 1.70. The van der Waals surface area contributed by atoms with Gasteiger partial charge in [0.15, 0.2) is 11.5 Å². The molecule has 9 heteroatoms. The third-order valence-corrected chi connectivity index (χ3v) is 4.70. The summed E-state index contributed by atoms with van der Waals surface area (Å²) in [5.74, 6) is -0.532. The second-order valence-corrected chi connectivity index (χ2v) is 8.63. The largest absolute Gasteiger partial charge is 0.573 e. The van der Waals surface area contributed by atoms with E-state index in [1.54, 1.807) is 45.0 Å². The van der Waals surface area contributed by atoms with Crippen LogP contribution in [0.25, 0.3) is 11.1 Å². The SMILES string of the molecule is CC(C)(C)OC(=O)N1CC(COc2cc(-c3cccc(CO)c3)ccc2OC(F)(F)F)C1. The molecule has 0 aromatic heterocycles. The lowest BCUT2D eigenvalue weighted by Gasteiger charge is -2.39. The first-order valence-electron chi connectivity index (χ1n) is 10.1. The molecule has 1 aliphatic heterocycles. The summed E-state index contributed by atoms with van der Waals surface area (Å²) in [6, 6.07) is 11.2. The molecule has 0 aliphatic carbocycles. The van der Waals surface area contributed by atoms with E-state index in [-0.39, 0.29) is 24.9 Å². The lowest BCUT2D eigenvalue weighted by atomic mass is 10.0. The van der Waals surface area contributed by atoms with E-state index < -0.39 is 23.8 Å². The number of alkyl halides is 3. The summed E-state index contributed by atoms with van der Waals surface area (Å²) in [5, 5.41) is 9.33. The number of likely N-dealkylation sites (tertiary alicyclic amines) is 1. The summed E-state index contributed by atoms with van der Waals surface area (Å²) < 4.78 is 53.6. The minimum Gasteiger partial charge on any atom is -0.489 e. The topological polar surface area (TPSA) is 68.2 Å². The standard InChI is InChI=1S/C23H26F3NO5/c1-22(2,3)32-21(29)27-11-16(12-27)14-30-20-10-18(7-8-19(20)31-23(24,25)26)17-6-4-5-15(9-17)13-28/h4-10,16,28H,11-14H2,1-3H3. The molecule has 1 aliphatic rings. The Kier molecular flexibility index (Phi) is 6.88. The Morgan fingerprint density at radius 2 is 1.75 bits per heavy atom. The van der Waals surface area contributed by atoms with Gasteiger partial charge in [-0.1, -0.05) is 24.3 Å². The first-order valence-corrected chi connectivity index (χ1v) is 10.1. The molecule has 1 fully saturated rings. The zero-order valence-electron chi connectivity index (χ0n) is 18.1. The molecule has 0 radical (unpaired) electrons. The van der Waals surface area contributed by atoms with Gasteiger partial charge in [-0.15, -0.1) is 13.2 Å². The van der Waals surface area contributed by atoms with Gasteiger partial charge < -0.3 is 24.2 Å². The van der Waals surface area contributed by atoms with Gasteiger partial charge in [-0.3, -0.25) is 0 Å². The first kappa shape index (κ1) is 23.7. The van der Waals surface area contributed by atoms with Gasteiger partial charge in [-0.25, -0.2) is 4.79 Å². The van der Waals surface area contributed by atoms with E-state index in [9.17, 15) is 23.1 Å². The molecule has 1 amide bonds. The Bertz CT molecular complexity index is 949.